The second-order valence-corrected chi connectivity index (χ2v) is 1.68. The Hall–Kier alpha value is -1.62. The molecule has 0 aliphatic carbocycles. The molecule has 0 radical (unpaired) electrons. The molecule has 0 saturated heterocycles. The van der Waals surface area contributed by atoms with Gasteiger partial charge in [0.05, 0.1) is 0 Å². The molecule has 0 aromatic carbocycles. The van der Waals surface area contributed by atoms with E-state index in [0.717, 1.165) is 7.11 Å². The summed E-state index contributed by atoms with van der Waals surface area (Å²) >= 11 is 0. The Balaban J connectivity index is 0.000000561. The summed E-state index contributed by atoms with van der Waals surface area (Å²) in [5.41, 5.74) is -0.317. The highest BCUT2D eigenvalue weighted by molar-refractivity contribution is 5.88. The highest BCUT2D eigenvalue weighted by Gasteiger charge is 2.08. The lowest BCUT2D eigenvalue weighted by atomic mass is 10.3. The van der Waals surface area contributed by atoms with Gasteiger partial charge in [-0.1, -0.05) is 0 Å². The van der Waals surface area contributed by atoms with Crippen LogP contribution in [0.4, 0.5) is 0 Å². The zero-order chi connectivity index (χ0) is 9.56. The van der Waals surface area contributed by atoms with Gasteiger partial charge in [-0.05, 0) is 12.1 Å². The predicted molar refractivity (Wildman–Crippen MR) is 41.0 cm³/mol. The van der Waals surface area contributed by atoms with Crippen LogP contribution in [0, 0.1) is 0 Å². The van der Waals surface area contributed by atoms with Crippen molar-refractivity contribution < 1.29 is 20.1 Å². The number of aliphatic hydroxyl groups excluding tert-OH is 1. The van der Waals surface area contributed by atoms with Crippen molar-refractivity contribution in [1.29, 1.82) is 0 Å². The first kappa shape index (κ1) is 10.4. The molecule has 3 N–H and O–H groups in total. The molecule has 0 saturated carbocycles. The number of aliphatic hydroxyl groups is 1. The van der Waals surface area contributed by atoms with E-state index in [0.29, 0.717) is 0 Å². The standard InChI is InChI=1S/C6H5NO3.CH4O/c8-4-2-1-3-7-5(4)6(9)10;1-2/h1-3,8H,(H,9,10);2H,1H3. The van der Waals surface area contributed by atoms with E-state index in [1.54, 1.807) is 0 Å². The van der Waals surface area contributed by atoms with E-state index in [9.17, 15) is 4.79 Å². The number of carbonyl (C=O) groups is 1. The zero-order valence-electron chi connectivity index (χ0n) is 6.43. The topological polar surface area (TPSA) is 90.7 Å². The number of hydrogen-bond acceptors (Lipinski definition) is 4. The number of rotatable bonds is 1. The average Bonchev–Trinajstić information content (AvgIpc) is 2.08. The summed E-state index contributed by atoms with van der Waals surface area (Å²) in [6, 6.07) is 2.73. The molecule has 0 unspecified atom stereocenters. The van der Waals surface area contributed by atoms with E-state index in [2.05, 4.69) is 4.98 Å². The first-order chi connectivity index (χ1) is 5.72. The van der Waals surface area contributed by atoms with Crippen molar-refractivity contribution in [2.45, 2.75) is 0 Å². The van der Waals surface area contributed by atoms with Crippen LogP contribution >= 0.6 is 0 Å². The van der Waals surface area contributed by atoms with Crippen LogP contribution in [0.2, 0.25) is 0 Å². The molecule has 0 atom stereocenters. The summed E-state index contributed by atoms with van der Waals surface area (Å²) in [5.74, 6) is -1.53. The number of hydrogen-bond donors (Lipinski definition) is 3. The number of aromatic hydroxyl groups is 1. The van der Waals surface area contributed by atoms with Crippen LogP contribution in [0.15, 0.2) is 18.3 Å². The third-order valence-corrected chi connectivity index (χ3v) is 0.989. The van der Waals surface area contributed by atoms with Crippen molar-refractivity contribution >= 4 is 5.97 Å². The molecule has 1 aromatic rings. The van der Waals surface area contributed by atoms with Gasteiger partial charge in [-0.2, -0.15) is 0 Å². The molecule has 66 valence electrons. The number of pyridine rings is 1. The monoisotopic (exact) mass is 171 g/mol. The fourth-order valence-electron chi connectivity index (χ4n) is 0.562. The first-order valence-corrected chi connectivity index (χ1v) is 3.04. The van der Waals surface area contributed by atoms with Crippen molar-refractivity contribution in [3.05, 3.63) is 24.0 Å². The van der Waals surface area contributed by atoms with Crippen molar-refractivity contribution in [2.75, 3.05) is 7.11 Å². The summed E-state index contributed by atoms with van der Waals surface area (Å²) in [6.45, 7) is 0. The van der Waals surface area contributed by atoms with Gasteiger partial charge >= 0.3 is 5.97 Å². The first-order valence-electron chi connectivity index (χ1n) is 3.04. The van der Waals surface area contributed by atoms with Gasteiger partial charge in [0.15, 0.2) is 5.69 Å². The van der Waals surface area contributed by atoms with Gasteiger partial charge in [0, 0.05) is 13.3 Å². The highest BCUT2D eigenvalue weighted by atomic mass is 16.4. The fraction of sp³-hybridized carbons (Fsp3) is 0.143. The van der Waals surface area contributed by atoms with Crippen LogP contribution in [0.3, 0.4) is 0 Å². The lowest BCUT2D eigenvalue weighted by Crippen LogP contribution is -1.99. The lowest BCUT2D eigenvalue weighted by molar-refractivity contribution is 0.0687. The molecule has 0 aliphatic heterocycles. The molecule has 0 aliphatic rings. The Morgan fingerprint density at radius 2 is 2.08 bits per heavy atom. The van der Waals surface area contributed by atoms with Gasteiger partial charge in [0.1, 0.15) is 5.75 Å². The molecule has 0 amide bonds. The summed E-state index contributed by atoms with van der Waals surface area (Å²) in [6.07, 6.45) is 1.31. The second kappa shape index (κ2) is 5.09. The largest absolute Gasteiger partial charge is 0.505 e. The normalized spacial score (nSPS) is 8.17. The molecule has 0 fully saturated rings. The van der Waals surface area contributed by atoms with E-state index >= 15 is 0 Å². The summed E-state index contributed by atoms with van der Waals surface area (Å²) in [4.78, 5) is 13.6. The minimum Gasteiger partial charge on any atom is -0.505 e. The lowest BCUT2D eigenvalue weighted by Gasteiger charge is -1.93. The zero-order valence-corrected chi connectivity index (χ0v) is 6.43. The maximum atomic E-state index is 10.2. The van der Waals surface area contributed by atoms with Gasteiger partial charge in [0.2, 0.25) is 0 Å². The number of nitrogens with zero attached hydrogens (tertiary/aromatic N) is 1. The Morgan fingerprint density at radius 1 is 1.50 bits per heavy atom. The minimum atomic E-state index is -1.22. The Bertz CT molecular complexity index is 261. The van der Waals surface area contributed by atoms with Crippen LogP contribution in [-0.4, -0.2) is 33.4 Å². The molecule has 1 aromatic heterocycles. The minimum absolute atomic E-state index is 0.310. The van der Waals surface area contributed by atoms with E-state index in [1.807, 2.05) is 0 Å². The van der Waals surface area contributed by atoms with Crippen molar-refractivity contribution in [2.24, 2.45) is 0 Å². The molecular weight excluding hydrogens is 162 g/mol. The van der Waals surface area contributed by atoms with Crippen LogP contribution in [0.1, 0.15) is 10.5 Å². The van der Waals surface area contributed by atoms with Gasteiger partial charge in [-0.25, -0.2) is 9.78 Å². The Kier molecular flexibility index (Phi) is 4.40. The maximum Gasteiger partial charge on any atom is 0.358 e. The van der Waals surface area contributed by atoms with E-state index < -0.39 is 5.97 Å². The third kappa shape index (κ3) is 2.55. The Morgan fingerprint density at radius 3 is 2.42 bits per heavy atom. The predicted octanol–water partition coefficient (Wildman–Crippen LogP) is 0.0939. The van der Waals surface area contributed by atoms with Crippen LogP contribution in [0.5, 0.6) is 5.75 Å². The molecular formula is C7H9NO4. The van der Waals surface area contributed by atoms with Gasteiger partial charge in [-0.15, -0.1) is 0 Å². The summed E-state index contributed by atoms with van der Waals surface area (Å²) in [7, 11) is 1.00. The molecule has 1 heterocycles. The molecule has 1 rings (SSSR count). The van der Waals surface area contributed by atoms with Gasteiger partial charge in [-0.3, -0.25) is 0 Å². The van der Waals surface area contributed by atoms with Gasteiger partial charge in [0.25, 0.3) is 0 Å². The van der Waals surface area contributed by atoms with Crippen LogP contribution in [0.25, 0.3) is 0 Å². The summed E-state index contributed by atoms with van der Waals surface area (Å²) < 4.78 is 0. The molecule has 0 spiro atoms. The third-order valence-electron chi connectivity index (χ3n) is 0.989. The molecule has 0 bridgehead atoms. The quantitative estimate of drug-likeness (QED) is 0.557. The second-order valence-electron chi connectivity index (χ2n) is 1.68. The van der Waals surface area contributed by atoms with E-state index in [-0.39, 0.29) is 11.4 Å². The van der Waals surface area contributed by atoms with E-state index in [1.165, 1.54) is 18.3 Å². The average molecular weight is 171 g/mol. The van der Waals surface area contributed by atoms with Gasteiger partial charge < -0.3 is 15.3 Å². The van der Waals surface area contributed by atoms with Crippen molar-refractivity contribution in [3.8, 4) is 5.75 Å². The number of aromatic carboxylic acids is 1. The maximum absolute atomic E-state index is 10.2. The fourth-order valence-corrected chi connectivity index (χ4v) is 0.562. The number of aromatic nitrogens is 1. The Labute approximate surface area is 68.9 Å². The van der Waals surface area contributed by atoms with Crippen molar-refractivity contribution in [1.82, 2.24) is 4.98 Å². The number of carboxylic acids is 1. The molecule has 12 heavy (non-hydrogen) atoms. The smallest absolute Gasteiger partial charge is 0.358 e. The van der Waals surface area contributed by atoms with Crippen LogP contribution in [-0.2, 0) is 0 Å². The number of carboxylic acid groups (broad SMARTS) is 1. The van der Waals surface area contributed by atoms with Crippen LogP contribution < -0.4 is 0 Å². The van der Waals surface area contributed by atoms with Crippen molar-refractivity contribution in [3.63, 3.8) is 0 Å². The molecule has 5 nitrogen and oxygen atoms in total. The SMILES string of the molecule is CO.O=C(O)c1ncccc1O. The highest BCUT2D eigenvalue weighted by Crippen LogP contribution is 2.11. The summed E-state index contributed by atoms with van der Waals surface area (Å²) in [5, 5.41) is 24.2. The molecule has 5 heteroatoms. The van der Waals surface area contributed by atoms with E-state index in [4.69, 9.17) is 15.3 Å².